The van der Waals surface area contributed by atoms with Crippen LogP contribution in [0.3, 0.4) is 0 Å². The predicted octanol–water partition coefficient (Wildman–Crippen LogP) is 2.04. The fraction of sp³-hybridized carbons (Fsp3) is 0.444. The fourth-order valence-corrected chi connectivity index (χ4v) is 1.91. The SMILES string of the molecule is Cc1nc(NC(=O)NC(=O)CCCl)sc1C. The number of aryl methyl sites for hydroxylation is 2. The quantitative estimate of drug-likeness (QED) is 0.818. The van der Waals surface area contributed by atoms with E-state index in [-0.39, 0.29) is 12.3 Å². The summed E-state index contributed by atoms with van der Waals surface area (Å²) in [4.78, 5) is 27.5. The zero-order valence-electron chi connectivity index (χ0n) is 8.96. The van der Waals surface area contributed by atoms with E-state index in [0.717, 1.165) is 10.6 Å². The molecule has 3 amide bonds. The minimum absolute atomic E-state index is 0.116. The van der Waals surface area contributed by atoms with Gasteiger partial charge in [-0.2, -0.15) is 0 Å². The molecule has 16 heavy (non-hydrogen) atoms. The first-order valence-electron chi connectivity index (χ1n) is 4.63. The van der Waals surface area contributed by atoms with Gasteiger partial charge >= 0.3 is 6.03 Å². The monoisotopic (exact) mass is 261 g/mol. The number of aromatic nitrogens is 1. The summed E-state index contributed by atoms with van der Waals surface area (Å²) >= 11 is 6.72. The minimum Gasteiger partial charge on any atom is -0.283 e. The number of carbonyl (C=O) groups excluding carboxylic acids is 2. The van der Waals surface area contributed by atoms with E-state index >= 15 is 0 Å². The fourth-order valence-electron chi connectivity index (χ4n) is 0.930. The molecule has 1 aromatic rings. The standard InChI is InChI=1S/C9H12ClN3O2S/c1-5-6(2)16-9(11-5)13-8(15)12-7(14)3-4-10/h3-4H2,1-2H3,(H2,11,12,13,14,15). The average Bonchev–Trinajstić information content (AvgIpc) is 2.45. The molecule has 1 rings (SSSR count). The van der Waals surface area contributed by atoms with Crippen molar-refractivity contribution in [2.75, 3.05) is 11.2 Å². The second-order valence-corrected chi connectivity index (χ2v) is 4.68. The molecule has 7 heteroatoms. The van der Waals surface area contributed by atoms with E-state index in [4.69, 9.17) is 11.6 Å². The van der Waals surface area contributed by atoms with Crippen molar-refractivity contribution in [3.63, 3.8) is 0 Å². The summed E-state index contributed by atoms with van der Waals surface area (Å²) in [5.41, 5.74) is 0.868. The average molecular weight is 262 g/mol. The number of nitrogens with one attached hydrogen (secondary N) is 2. The van der Waals surface area contributed by atoms with Gasteiger partial charge in [-0.3, -0.25) is 15.4 Å². The third-order valence-corrected chi connectivity index (χ3v) is 3.00. The molecule has 1 aromatic heterocycles. The van der Waals surface area contributed by atoms with Gasteiger partial charge in [0.1, 0.15) is 0 Å². The molecule has 0 aliphatic heterocycles. The van der Waals surface area contributed by atoms with Crippen LogP contribution in [-0.4, -0.2) is 22.8 Å². The number of thiazole rings is 1. The lowest BCUT2D eigenvalue weighted by Crippen LogP contribution is -2.34. The molecule has 88 valence electrons. The maximum Gasteiger partial charge on any atom is 0.327 e. The molecule has 0 unspecified atom stereocenters. The number of urea groups is 1. The van der Waals surface area contributed by atoms with Crippen molar-refractivity contribution in [2.24, 2.45) is 0 Å². The number of amides is 3. The topological polar surface area (TPSA) is 71.1 Å². The first-order valence-corrected chi connectivity index (χ1v) is 5.99. The number of hydrogen-bond acceptors (Lipinski definition) is 4. The summed E-state index contributed by atoms with van der Waals surface area (Å²) in [6.07, 6.45) is 0.116. The Morgan fingerprint density at radius 1 is 1.44 bits per heavy atom. The lowest BCUT2D eigenvalue weighted by Gasteiger charge is -2.02. The Kier molecular flexibility index (Phi) is 4.70. The van der Waals surface area contributed by atoms with Crippen LogP contribution < -0.4 is 10.6 Å². The van der Waals surface area contributed by atoms with E-state index < -0.39 is 11.9 Å². The van der Waals surface area contributed by atoms with Crippen LogP contribution in [0.1, 0.15) is 17.0 Å². The van der Waals surface area contributed by atoms with Gasteiger partial charge in [-0.1, -0.05) is 0 Å². The van der Waals surface area contributed by atoms with Crippen LogP contribution in [0.4, 0.5) is 9.93 Å². The Bertz CT molecular complexity index is 386. The van der Waals surface area contributed by atoms with Gasteiger partial charge in [-0.25, -0.2) is 9.78 Å². The second-order valence-electron chi connectivity index (χ2n) is 3.10. The Labute approximate surface area is 102 Å². The molecule has 5 nitrogen and oxygen atoms in total. The number of hydrogen-bond donors (Lipinski definition) is 2. The molecule has 0 radical (unpaired) electrons. The molecule has 0 fully saturated rings. The summed E-state index contributed by atoms with van der Waals surface area (Å²) < 4.78 is 0. The minimum atomic E-state index is -0.580. The van der Waals surface area contributed by atoms with Gasteiger partial charge < -0.3 is 0 Å². The summed E-state index contributed by atoms with van der Waals surface area (Å²) in [7, 11) is 0. The van der Waals surface area contributed by atoms with Crippen molar-refractivity contribution in [1.29, 1.82) is 0 Å². The van der Waals surface area contributed by atoms with Gasteiger partial charge in [0.2, 0.25) is 5.91 Å². The van der Waals surface area contributed by atoms with E-state index in [1.54, 1.807) is 0 Å². The Hall–Kier alpha value is -1.14. The van der Waals surface area contributed by atoms with Crippen molar-refractivity contribution >= 4 is 40.0 Å². The van der Waals surface area contributed by atoms with Gasteiger partial charge in [0.25, 0.3) is 0 Å². The first kappa shape index (κ1) is 12.9. The summed E-state index contributed by atoms with van der Waals surface area (Å²) in [6, 6.07) is -0.580. The molecule has 0 aromatic carbocycles. The highest BCUT2D eigenvalue weighted by molar-refractivity contribution is 7.15. The Morgan fingerprint density at radius 3 is 2.62 bits per heavy atom. The Balaban J connectivity index is 2.48. The van der Waals surface area contributed by atoms with Crippen molar-refractivity contribution < 1.29 is 9.59 Å². The molecule has 1 heterocycles. The van der Waals surface area contributed by atoms with Crippen molar-refractivity contribution in [3.8, 4) is 0 Å². The van der Waals surface area contributed by atoms with Crippen LogP contribution in [0, 0.1) is 13.8 Å². The van der Waals surface area contributed by atoms with Gasteiger partial charge in [0.15, 0.2) is 5.13 Å². The molecule has 0 saturated heterocycles. The molecule has 0 bridgehead atoms. The highest BCUT2D eigenvalue weighted by atomic mass is 35.5. The lowest BCUT2D eigenvalue weighted by atomic mass is 10.4. The van der Waals surface area contributed by atoms with Crippen LogP contribution in [-0.2, 0) is 4.79 Å². The largest absolute Gasteiger partial charge is 0.327 e. The molecule has 0 saturated carbocycles. The van der Waals surface area contributed by atoms with Gasteiger partial charge in [-0.05, 0) is 13.8 Å². The van der Waals surface area contributed by atoms with Gasteiger partial charge in [0.05, 0.1) is 5.69 Å². The van der Waals surface area contributed by atoms with E-state index in [0.29, 0.717) is 5.13 Å². The van der Waals surface area contributed by atoms with Crippen molar-refractivity contribution in [3.05, 3.63) is 10.6 Å². The zero-order chi connectivity index (χ0) is 12.1. The molecule has 0 aliphatic rings. The van der Waals surface area contributed by atoms with Gasteiger partial charge in [-0.15, -0.1) is 22.9 Å². The lowest BCUT2D eigenvalue weighted by molar-refractivity contribution is -0.119. The first-order chi connectivity index (χ1) is 7.52. The van der Waals surface area contributed by atoms with Crippen LogP contribution >= 0.6 is 22.9 Å². The number of nitrogens with zero attached hydrogens (tertiary/aromatic N) is 1. The smallest absolute Gasteiger partial charge is 0.283 e. The molecule has 0 spiro atoms. The van der Waals surface area contributed by atoms with Gasteiger partial charge in [0, 0.05) is 17.2 Å². The summed E-state index contributed by atoms with van der Waals surface area (Å²) in [6.45, 7) is 3.77. The van der Waals surface area contributed by atoms with Crippen molar-refractivity contribution in [2.45, 2.75) is 20.3 Å². The second kappa shape index (κ2) is 5.81. The third kappa shape index (κ3) is 3.79. The normalized spacial score (nSPS) is 9.94. The maximum absolute atomic E-state index is 11.3. The van der Waals surface area contributed by atoms with Crippen LogP contribution in [0.25, 0.3) is 0 Å². The number of carbonyl (C=O) groups is 2. The number of imide groups is 1. The Morgan fingerprint density at radius 2 is 2.12 bits per heavy atom. The molecule has 0 atom stereocenters. The molecule has 0 aliphatic carbocycles. The maximum atomic E-state index is 11.3. The predicted molar refractivity (Wildman–Crippen MR) is 64.1 cm³/mol. The molecular formula is C9H12ClN3O2S. The number of alkyl halides is 1. The number of halogens is 1. The number of anilines is 1. The van der Waals surface area contributed by atoms with Crippen molar-refractivity contribution in [1.82, 2.24) is 10.3 Å². The summed E-state index contributed by atoms with van der Waals surface area (Å²) in [5, 5.41) is 5.12. The number of rotatable bonds is 3. The highest BCUT2D eigenvalue weighted by Crippen LogP contribution is 2.20. The van der Waals surface area contributed by atoms with E-state index in [9.17, 15) is 9.59 Å². The zero-order valence-corrected chi connectivity index (χ0v) is 10.5. The van der Waals surface area contributed by atoms with Crippen LogP contribution in [0.2, 0.25) is 0 Å². The summed E-state index contributed by atoms with van der Waals surface area (Å²) in [5.74, 6) is -0.216. The van der Waals surface area contributed by atoms with Crippen LogP contribution in [0.5, 0.6) is 0 Å². The van der Waals surface area contributed by atoms with Crippen LogP contribution in [0.15, 0.2) is 0 Å². The highest BCUT2D eigenvalue weighted by Gasteiger charge is 2.10. The third-order valence-electron chi connectivity index (χ3n) is 1.82. The van der Waals surface area contributed by atoms with E-state index in [1.165, 1.54) is 11.3 Å². The molecular weight excluding hydrogens is 250 g/mol. The molecule has 2 N–H and O–H groups in total. The van der Waals surface area contributed by atoms with E-state index in [2.05, 4.69) is 15.6 Å². The van der Waals surface area contributed by atoms with E-state index in [1.807, 2.05) is 13.8 Å².